The summed E-state index contributed by atoms with van der Waals surface area (Å²) in [5.74, 6) is 1.62. The van der Waals surface area contributed by atoms with Crippen molar-refractivity contribution in [3.05, 3.63) is 53.1 Å². The van der Waals surface area contributed by atoms with Gasteiger partial charge in [0.2, 0.25) is 0 Å². The van der Waals surface area contributed by atoms with Crippen LogP contribution in [0.15, 0.2) is 36.4 Å². The molecule has 0 aromatic heterocycles. The molecule has 23 heavy (non-hydrogen) atoms. The van der Waals surface area contributed by atoms with Crippen LogP contribution in [0.4, 0.5) is 11.4 Å². The van der Waals surface area contributed by atoms with Crippen molar-refractivity contribution in [2.45, 2.75) is 59.3 Å². The lowest BCUT2D eigenvalue weighted by Gasteiger charge is -2.24. The summed E-state index contributed by atoms with van der Waals surface area (Å²) >= 11 is 0. The maximum atomic E-state index is 10.1. The molecule has 0 unspecified atom stereocenters. The molecule has 0 spiro atoms. The standard InChI is InChI=1S/C21H29NO/c1-13(2)16-11-17(14(3)4)21(18(12-16)15(5)6)22-19-9-7-8-10-20(19)23/h7-15,22-23H,1-6H3. The second kappa shape index (κ2) is 7.08. The molecule has 2 aromatic rings. The fraction of sp³-hybridized carbons (Fsp3) is 0.429. The van der Waals surface area contributed by atoms with Crippen molar-refractivity contribution in [1.82, 2.24) is 0 Å². The number of nitrogens with one attached hydrogen (secondary N) is 1. The summed E-state index contributed by atoms with van der Waals surface area (Å²) in [5.41, 5.74) is 5.89. The highest BCUT2D eigenvalue weighted by Crippen LogP contribution is 2.38. The van der Waals surface area contributed by atoms with Crippen LogP contribution >= 0.6 is 0 Å². The molecule has 0 saturated heterocycles. The van der Waals surface area contributed by atoms with Crippen LogP contribution in [0, 0.1) is 0 Å². The molecule has 0 aliphatic carbocycles. The predicted molar refractivity (Wildman–Crippen MR) is 100 cm³/mol. The van der Waals surface area contributed by atoms with E-state index in [0.29, 0.717) is 17.8 Å². The van der Waals surface area contributed by atoms with Gasteiger partial charge in [0.25, 0.3) is 0 Å². The molecule has 2 heteroatoms. The zero-order chi connectivity index (χ0) is 17.1. The van der Waals surface area contributed by atoms with Crippen molar-refractivity contribution in [1.29, 1.82) is 0 Å². The van der Waals surface area contributed by atoms with E-state index in [1.54, 1.807) is 6.07 Å². The highest BCUT2D eigenvalue weighted by molar-refractivity contribution is 5.72. The number of hydrogen-bond acceptors (Lipinski definition) is 2. The molecule has 0 aliphatic heterocycles. The Morgan fingerprint density at radius 2 is 1.30 bits per heavy atom. The number of phenols is 1. The van der Waals surface area contributed by atoms with Crippen LogP contribution in [0.25, 0.3) is 0 Å². The van der Waals surface area contributed by atoms with Gasteiger partial charge in [-0.3, -0.25) is 0 Å². The minimum atomic E-state index is 0.282. The average Bonchev–Trinajstić information content (AvgIpc) is 2.48. The minimum Gasteiger partial charge on any atom is -0.506 e. The van der Waals surface area contributed by atoms with Crippen molar-refractivity contribution in [3.8, 4) is 5.75 Å². The topological polar surface area (TPSA) is 32.3 Å². The van der Waals surface area contributed by atoms with E-state index in [1.807, 2.05) is 18.2 Å². The molecule has 2 nitrogen and oxygen atoms in total. The van der Waals surface area contributed by atoms with Gasteiger partial charge in [0.05, 0.1) is 5.69 Å². The Kier molecular flexibility index (Phi) is 5.35. The first-order chi connectivity index (χ1) is 10.8. The molecule has 0 heterocycles. The van der Waals surface area contributed by atoms with Gasteiger partial charge in [-0.05, 0) is 46.6 Å². The molecular weight excluding hydrogens is 282 g/mol. The van der Waals surface area contributed by atoms with Gasteiger partial charge in [-0.15, -0.1) is 0 Å². The maximum absolute atomic E-state index is 10.1. The summed E-state index contributed by atoms with van der Waals surface area (Å²) in [6.45, 7) is 13.4. The van der Waals surface area contributed by atoms with Crippen molar-refractivity contribution >= 4 is 11.4 Å². The second-order valence-corrected chi connectivity index (χ2v) is 7.18. The van der Waals surface area contributed by atoms with E-state index >= 15 is 0 Å². The molecule has 0 amide bonds. The number of hydrogen-bond donors (Lipinski definition) is 2. The second-order valence-electron chi connectivity index (χ2n) is 7.18. The summed E-state index contributed by atoms with van der Waals surface area (Å²) in [6.07, 6.45) is 0. The third-order valence-corrected chi connectivity index (χ3v) is 4.30. The highest BCUT2D eigenvalue weighted by atomic mass is 16.3. The SMILES string of the molecule is CC(C)c1cc(C(C)C)c(Nc2ccccc2O)c(C(C)C)c1. The third kappa shape index (κ3) is 3.87. The van der Waals surface area contributed by atoms with E-state index in [1.165, 1.54) is 16.7 Å². The lowest BCUT2D eigenvalue weighted by Crippen LogP contribution is -2.06. The van der Waals surface area contributed by atoms with Crippen LogP contribution in [0.5, 0.6) is 5.75 Å². The van der Waals surface area contributed by atoms with Gasteiger partial charge in [-0.1, -0.05) is 65.8 Å². The van der Waals surface area contributed by atoms with Gasteiger partial charge in [0, 0.05) is 5.69 Å². The lowest BCUT2D eigenvalue weighted by atomic mass is 9.87. The van der Waals surface area contributed by atoms with Crippen LogP contribution in [0.1, 0.15) is 76.0 Å². The molecule has 124 valence electrons. The lowest BCUT2D eigenvalue weighted by molar-refractivity contribution is 0.477. The molecule has 0 radical (unpaired) electrons. The van der Waals surface area contributed by atoms with Crippen molar-refractivity contribution in [2.24, 2.45) is 0 Å². The number of benzene rings is 2. The van der Waals surface area contributed by atoms with Gasteiger partial charge in [0.15, 0.2) is 0 Å². The van der Waals surface area contributed by atoms with Gasteiger partial charge >= 0.3 is 0 Å². The number of para-hydroxylation sites is 2. The molecule has 0 atom stereocenters. The number of aromatic hydroxyl groups is 1. The first kappa shape index (κ1) is 17.4. The van der Waals surface area contributed by atoms with Crippen LogP contribution in [-0.2, 0) is 0 Å². The van der Waals surface area contributed by atoms with Crippen LogP contribution in [-0.4, -0.2) is 5.11 Å². The molecule has 0 aliphatic rings. The largest absolute Gasteiger partial charge is 0.506 e. The summed E-state index contributed by atoms with van der Waals surface area (Å²) in [7, 11) is 0. The number of rotatable bonds is 5. The van der Waals surface area contributed by atoms with E-state index in [2.05, 4.69) is 59.0 Å². The van der Waals surface area contributed by atoms with Gasteiger partial charge in [-0.25, -0.2) is 0 Å². The van der Waals surface area contributed by atoms with Gasteiger partial charge in [-0.2, -0.15) is 0 Å². The molecule has 0 bridgehead atoms. The minimum absolute atomic E-state index is 0.282. The van der Waals surface area contributed by atoms with Crippen molar-refractivity contribution < 1.29 is 5.11 Å². The van der Waals surface area contributed by atoms with Crippen molar-refractivity contribution in [3.63, 3.8) is 0 Å². The Balaban J connectivity index is 2.62. The third-order valence-electron chi connectivity index (χ3n) is 4.30. The quantitative estimate of drug-likeness (QED) is 0.617. The Labute approximate surface area is 140 Å². The Bertz CT molecular complexity index is 642. The first-order valence-electron chi connectivity index (χ1n) is 8.54. The zero-order valence-electron chi connectivity index (χ0n) is 15.1. The maximum Gasteiger partial charge on any atom is 0.139 e. The first-order valence-corrected chi connectivity index (χ1v) is 8.54. The normalized spacial score (nSPS) is 11.5. The summed E-state index contributed by atoms with van der Waals surface area (Å²) in [6, 6.07) is 12.0. The molecule has 0 fully saturated rings. The molecule has 2 rings (SSSR count). The smallest absolute Gasteiger partial charge is 0.139 e. The Morgan fingerprint density at radius 1 is 0.783 bits per heavy atom. The summed E-state index contributed by atoms with van der Waals surface area (Å²) in [4.78, 5) is 0. The fourth-order valence-corrected chi connectivity index (χ4v) is 2.81. The van der Waals surface area contributed by atoms with Crippen LogP contribution < -0.4 is 5.32 Å². The number of phenolic OH excluding ortho intramolecular Hbond substituents is 1. The Morgan fingerprint density at radius 3 is 1.74 bits per heavy atom. The van der Waals surface area contributed by atoms with Gasteiger partial charge in [0.1, 0.15) is 5.75 Å². The van der Waals surface area contributed by atoms with E-state index in [-0.39, 0.29) is 5.75 Å². The van der Waals surface area contributed by atoms with Gasteiger partial charge < -0.3 is 10.4 Å². The van der Waals surface area contributed by atoms with E-state index in [0.717, 1.165) is 11.4 Å². The molecular formula is C21H29NO. The molecule has 2 N–H and O–H groups in total. The summed E-state index contributed by atoms with van der Waals surface area (Å²) in [5, 5.41) is 13.6. The molecule has 2 aromatic carbocycles. The zero-order valence-corrected chi connectivity index (χ0v) is 15.1. The fourth-order valence-electron chi connectivity index (χ4n) is 2.81. The molecule has 0 saturated carbocycles. The van der Waals surface area contributed by atoms with E-state index in [4.69, 9.17) is 0 Å². The van der Waals surface area contributed by atoms with E-state index < -0.39 is 0 Å². The van der Waals surface area contributed by atoms with Crippen LogP contribution in [0.2, 0.25) is 0 Å². The van der Waals surface area contributed by atoms with Crippen molar-refractivity contribution in [2.75, 3.05) is 5.32 Å². The predicted octanol–water partition coefficient (Wildman–Crippen LogP) is 6.51. The Hall–Kier alpha value is -1.96. The summed E-state index contributed by atoms with van der Waals surface area (Å²) < 4.78 is 0. The average molecular weight is 311 g/mol. The van der Waals surface area contributed by atoms with Crippen LogP contribution in [0.3, 0.4) is 0 Å². The highest BCUT2D eigenvalue weighted by Gasteiger charge is 2.18. The number of anilines is 2. The van der Waals surface area contributed by atoms with E-state index in [9.17, 15) is 5.11 Å². The monoisotopic (exact) mass is 311 g/mol.